The Morgan fingerprint density at radius 3 is 2.87 bits per heavy atom. The zero-order valence-corrected chi connectivity index (χ0v) is 14.1. The number of nitrogens with zero attached hydrogens (tertiary/aromatic N) is 5. The lowest BCUT2D eigenvalue weighted by atomic mass is 9.99. The maximum atomic E-state index is 5.76. The van der Waals surface area contributed by atoms with Crippen molar-refractivity contribution in [3.8, 4) is 6.01 Å². The maximum Gasteiger partial charge on any atom is 0.316 e. The van der Waals surface area contributed by atoms with Crippen LogP contribution >= 0.6 is 11.5 Å². The highest BCUT2D eigenvalue weighted by Crippen LogP contribution is 2.40. The van der Waals surface area contributed by atoms with E-state index in [9.17, 15) is 0 Å². The molecule has 0 radical (unpaired) electrons. The van der Waals surface area contributed by atoms with E-state index in [0.717, 1.165) is 29.6 Å². The first kappa shape index (κ1) is 14.8. The zero-order valence-electron chi connectivity index (χ0n) is 13.3. The SMILES string of the molecule is Cc1cnc(OCC2CCCN(c3nc(C4CC4)ns3)C2)nc1. The summed E-state index contributed by atoms with van der Waals surface area (Å²) in [6, 6.07) is 0.472. The third kappa shape index (κ3) is 3.60. The summed E-state index contributed by atoms with van der Waals surface area (Å²) in [6.45, 7) is 4.68. The Morgan fingerprint density at radius 1 is 1.26 bits per heavy atom. The Balaban J connectivity index is 1.33. The molecule has 7 heteroatoms. The first-order valence-corrected chi connectivity index (χ1v) is 9.05. The molecule has 2 aromatic heterocycles. The van der Waals surface area contributed by atoms with Gasteiger partial charge in [-0.2, -0.15) is 4.37 Å². The van der Waals surface area contributed by atoms with Crippen LogP contribution in [0.4, 0.5) is 5.13 Å². The molecule has 3 heterocycles. The molecule has 2 fully saturated rings. The molecule has 0 bridgehead atoms. The molecule has 0 N–H and O–H groups in total. The highest BCUT2D eigenvalue weighted by molar-refractivity contribution is 7.09. The van der Waals surface area contributed by atoms with Gasteiger partial charge in [-0.05, 0) is 38.2 Å². The van der Waals surface area contributed by atoms with Gasteiger partial charge >= 0.3 is 6.01 Å². The molecule has 1 aliphatic heterocycles. The van der Waals surface area contributed by atoms with Gasteiger partial charge in [0.1, 0.15) is 5.82 Å². The van der Waals surface area contributed by atoms with Crippen molar-refractivity contribution in [3.63, 3.8) is 0 Å². The highest BCUT2D eigenvalue weighted by atomic mass is 32.1. The van der Waals surface area contributed by atoms with Crippen LogP contribution in [0.3, 0.4) is 0 Å². The van der Waals surface area contributed by atoms with Crippen LogP contribution in [0.1, 0.15) is 43.0 Å². The number of hydrogen-bond acceptors (Lipinski definition) is 7. The van der Waals surface area contributed by atoms with Gasteiger partial charge in [-0.15, -0.1) is 0 Å². The third-order valence-corrected chi connectivity index (χ3v) is 5.16. The Hall–Kier alpha value is -1.76. The van der Waals surface area contributed by atoms with E-state index in [1.54, 1.807) is 23.9 Å². The van der Waals surface area contributed by atoms with E-state index in [0.29, 0.717) is 24.5 Å². The Morgan fingerprint density at radius 2 is 2.09 bits per heavy atom. The summed E-state index contributed by atoms with van der Waals surface area (Å²) in [5.74, 6) is 2.17. The zero-order chi connectivity index (χ0) is 15.6. The molecule has 1 atom stereocenters. The van der Waals surface area contributed by atoms with E-state index in [2.05, 4.69) is 19.2 Å². The number of aromatic nitrogens is 4. The van der Waals surface area contributed by atoms with Crippen molar-refractivity contribution in [2.24, 2.45) is 5.92 Å². The average Bonchev–Trinajstić information content (AvgIpc) is 3.32. The molecule has 4 rings (SSSR count). The third-order valence-electron chi connectivity index (χ3n) is 4.37. The quantitative estimate of drug-likeness (QED) is 0.839. The second-order valence-electron chi connectivity index (χ2n) is 6.52. The summed E-state index contributed by atoms with van der Waals surface area (Å²) in [4.78, 5) is 15.5. The van der Waals surface area contributed by atoms with Crippen molar-refractivity contribution >= 4 is 16.7 Å². The summed E-state index contributed by atoms with van der Waals surface area (Å²) in [6.07, 6.45) is 8.43. The van der Waals surface area contributed by atoms with Gasteiger partial charge in [0.25, 0.3) is 0 Å². The standard InChI is InChI=1S/C16H21N5OS/c1-11-7-17-15(18-8-11)22-10-12-3-2-6-21(9-12)16-19-14(20-23-16)13-4-5-13/h7-8,12-13H,2-6,9-10H2,1H3. The summed E-state index contributed by atoms with van der Waals surface area (Å²) >= 11 is 1.54. The molecule has 1 aliphatic carbocycles. The highest BCUT2D eigenvalue weighted by Gasteiger charge is 2.29. The molecule has 2 aromatic rings. The minimum absolute atomic E-state index is 0.472. The molecule has 0 spiro atoms. The summed E-state index contributed by atoms with van der Waals surface area (Å²) in [5.41, 5.74) is 1.05. The number of rotatable bonds is 5. The number of piperidine rings is 1. The minimum atomic E-state index is 0.472. The van der Waals surface area contributed by atoms with Gasteiger partial charge in [0.2, 0.25) is 5.13 Å². The number of aryl methyl sites for hydroxylation is 1. The van der Waals surface area contributed by atoms with E-state index in [4.69, 9.17) is 9.72 Å². The normalized spacial score (nSPS) is 21.4. The van der Waals surface area contributed by atoms with Gasteiger partial charge in [-0.25, -0.2) is 15.0 Å². The van der Waals surface area contributed by atoms with Crippen LogP contribution in [0.5, 0.6) is 6.01 Å². The molecule has 2 aliphatic rings. The van der Waals surface area contributed by atoms with Crippen LogP contribution < -0.4 is 9.64 Å². The van der Waals surface area contributed by atoms with Gasteiger partial charge in [-0.3, -0.25) is 0 Å². The molecule has 1 saturated heterocycles. The van der Waals surface area contributed by atoms with E-state index in [1.807, 2.05) is 6.92 Å². The molecule has 122 valence electrons. The number of anilines is 1. The van der Waals surface area contributed by atoms with Crippen molar-refractivity contribution in [2.45, 2.75) is 38.5 Å². The van der Waals surface area contributed by atoms with Crippen molar-refractivity contribution in [1.82, 2.24) is 19.3 Å². The fourth-order valence-electron chi connectivity index (χ4n) is 2.88. The molecule has 23 heavy (non-hydrogen) atoms. The van der Waals surface area contributed by atoms with Gasteiger partial charge in [-0.1, -0.05) is 0 Å². The first-order chi connectivity index (χ1) is 11.3. The van der Waals surface area contributed by atoms with Crippen molar-refractivity contribution < 1.29 is 4.74 Å². The van der Waals surface area contributed by atoms with Crippen LogP contribution in [0, 0.1) is 12.8 Å². The smallest absolute Gasteiger partial charge is 0.316 e. The number of ether oxygens (including phenoxy) is 1. The van der Waals surface area contributed by atoms with Gasteiger partial charge < -0.3 is 9.64 Å². The topological polar surface area (TPSA) is 64.0 Å². The average molecular weight is 331 g/mol. The summed E-state index contributed by atoms with van der Waals surface area (Å²) in [7, 11) is 0. The van der Waals surface area contributed by atoms with Crippen LogP contribution in [-0.2, 0) is 0 Å². The first-order valence-electron chi connectivity index (χ1n) is 8.28. The van der Waals surface area contributed by atoms with Gasteiger partial charge in [0, 0.05) is 48.9 Å². The second-order valence-corrected chi connectivity index (χ2v) is 7.25. The molecule has 1 saturated carbocycles. The summed E-state index contributed by atoms with van der Waals surface area (Å²) < 4.78 is 10.3. The number of hydrogen-bond donors (Lipinski definition) is 0. The van der Waals surface area contributed by atoms with Crippen molar-refractivity contribution in [1.29, 1.82) is 0 Å². The minimum Gasteiger partial charge on any atom is -0.463 e. The molecule has 0 aromatic carbocycles. The fourth-order valence-corrected chi connectivity index (χ4v) is 3.67. The maximum absolute atomic E-state index is 5.76. The predicted molar refractivity (Wildman–Crippen MR) is 89.1 cm³/mol. The van der Waals surface area contributed by atoms with Crippen molar-refractivity contribution in [2.75, 3.05) is 24.6 Å². The molecule has 1 unspecified atom stereocenters. The van der Waals surface area contributed by atoms with Gasteiger partial charge in [0.05, 0.1) is 6.61 Å². The lowest BCUT2D eigenvalue weighted by Crippen LogP contribution is -2.37. The van der Waals surface area contributed by atoms with E-state index < -0.39 is 0 Å². The molecular weight excluding hydrogens is 310 g/mol. The van der Waals surface area contributed by atoms with E-state index >= 15 is 0 Å². The fraction of sp³-hybridized carbons (Fsp3) is 0.625. The second kappa shape index (κ2) is 6.39. The van der Waals surface area contributed by atoms with Crippen molar-refractivity contribution in [3.05, 3.63) is 23.8 Å². The monoisotopic (exact) mass is 331 g/mol. The molecule has 0 amide bonds. The Bertz CT molecular complexity index is 655. The Labute approximate surface area is 140 Å². The van der Waals surface area contributed by atoms with Crippen LogP contribution in [0.25, 0.3) is 0 Å². The van der Waals surface area contributed by atoms with Crippen LogP contribution in [-0.4, -0.2) is 39.0 Å². The largest absolute Gasteiger partial charge is 0.463 e. The van der Waals surface area contributed by atoms with Crippen LogP contribution in [0.15, 0.2) is 12.4 Å². The summed E-state index contributed by atoms with van der Waals surface area (Å²) in [5, 5.41) is 1.07. The molecular formula is C16H21N5OS. The van der Waals surface area contributed by atoms with Gasteiger partial charge in [0.15, 0.2) is 0 Å². The predicted octanol–water partition coefficient (Wildman–Crippen LogP) is 2.81. The van der Waals surface area contributed by atoms with Crippen LogP contribution in [0.2, 0.25) is 0 Å². The van der Waals surface area contributed by atoms with E-state index in [-0.39, 0.29) is 0 Å². The lowest BCUT2D eigenvalue weighted by molar-refractivity contribution is 0.214. The molecule has 6 nitrogen and oxygen atoms in total. The van der Waals surface area contributed by atoms with E-state index in [1.165, 1.54) is 25.7 Å². The Kier molecular flexibility index (Phi) is 4.11. The lowest BCUT2D eigenvalue weighted by Gasteiger charge is -2.31.